The number of fused-ring (bicyclic) bond motifs is 1. The lowest BCUT2D eigenvalue weighted by Gasteiger charge is -2.32. The van der Waals surface area contributed by atoms with E-state index in [1.807, 2.05) is 18.2 Å². The summed E-state index contributed by atoms with van der Waals surface area (Å²) >= 11 is 0. The first-order valence-corrected chi connectivity index (χ1v) is 7.95. The molecule has 1 aliphatic rings. The average molecular weight is 312 g/mol. The average Bonchev–Trinajstić information content (AvgIpc) is 2.54. The summed E-state index contributed by atoms with van der Waals surface area (Å²) in [4.78, 5) is 11.1. The van der Waals surface area contributed by atoms with Gasteiger partial charge in [0, 0.05) is 18.2 Å². The van der Waals surface area contributed by atoms with Crippen LogP contribution in [0.5, 0.6) is 0 Å². The quantitative estimate of drug-likeness (QED) is 0.910. The van der Waals surface area contributed by atoms with Gasteiger partial charge in [-0.3, -0.25) is 4.79 Å². The summed E-state index contributed by atoms with van der Waals surface area (Å²) in [5, 5.41) is 3.54. The fourth-order valence-corrected chi connectivity index (χ4v) is 3.30. The summed E-state index contributed by atoms with van der Waals surface area (Å²) in [5.74, 6) is -0.0731. The molecule has 3 rings (SSSR count). The predicted molar refractivity (Wildman–Crippen MR) is 88.4 cm³/mol. The number of hydrogen-bond donors (Lipinski definition) is 2. The summed E-state index contributed by atoms with van der Waals surface area (Å²) in [5.41, 5.74) is 8.74. The van der Waals surface area contributed by atoms with E-state index in [2.05, 4.69) is 12.2 Å². The SMILES string of the molecule is C[C@H]1CCc2c(F)cccc2[C@@H]1NCc1ccc(C(N)=O)cc1. The second-order valence-electron chi connectivity index (χ2n) is 6.24. The molecule has 0 aromatic heterocycles. The largest absolute Gasteiger partial charge is 0.366 e. The lowest BCUT2D eigenvalue weighted by molar-refractivity contribution is 0.100. The summed E-state index contributed by atoms with van der Waals surface area (Å²) in [6.07, 6.45) is 1.78. The van der Waals surface area contributed by atoms with Gasteiger partial charge in [0.25, 0.3) is 0 Å². The molecule has 0 spiro atoms. The van der Waals surface area contributed by atoms with Gasteiger partial charge in [0.05, 0.1) is 0 Å². The van der Waals surface area contributed by atoms with E-state index in [1.165, 1.54) is 6.07 Å². The Balaban J connectivity index is 1.75. The number of nitrogens with two attached hydrogens (primary N) is 1. The number of rotatable bonds is 4. The monoisotopic (exact) mass is 312 g/mol. The molecule has 2 atom stereocenters. The van der Waals surface area contributed by atoms with Crippen LogP contribution < -0.4 is 11.1 Å². The van der Waals surface area contributed by atoms with Crippen LogP contribution >= 0.6 is 0 Å². The highest BCUT2D eigenvalue weighted by molar-refractivity contribution is 5.92. The summed E-state index contributed by atoms with van der Waals surface area (Å²) in [7, 11) is 0. The van der Waals surface area contributed by atoms with Crippen molar-refractivity contribution in [2.75, 3.05) is 0 Å². The van der Waals surface area contributed by atoms with Crippen LogP contribution in [0.25, 0.3) is 0 Å². The van der Waals surface area contributed by atoms with Crippen molar-refractivity contribution in [2.24, 2.45) is 11.7 Å². The number of amides is 1. The van der Waals surface area contributed by atoms with Gasteiger partial charge in [-0.25, -0.2) is 4.39 Å². The van der Waals surface area contributed by atoms with Gasteiger partial charge in [0.1, 0.15) is 5.82 Å². The van der Waals surface area contributed by atoms with E-state index in [1.54, 1.807) is 18.2 Å². The van der Waals surface area contributed by atoms with Crippen LogP contribution in [0.15, 0.2) is 42.5 Å². The van der Waals surface area contributed by atoms with Gasteiger partial charge in [-0.2, -0.15) is 0 Å². The Morgan fingerprint density at radius 1 is 1.26 bits per heavy atom. The molecule has 0 radical (unpaired) electrons. The van der Waals surface area contributed by atoms with Crippen LogP contribution in [0.3, 0.4) is 0 Å². The van der Waals surface area contributed by atoms with Gasteiger partial charge in [-0.15, -0.1) is 0 Å². The normalized spacial score (nSPS) is 20.1. The van der Waals surface area contributed by atoms with Gasteiger partial charge in [-0.1, -0.05) is 31.2 Å². The molecule has 3 nitrogen and oxygen atoms in total. The molecule has 0 saturated carbocycles. The molecule has 3 N–H and O–H groups in total. The maximum atomic E-state index is 14.0. The van der Waals surface area contributed by atoms with Crippen molar-refractivity contribution < 1.29 is 9.18 Å². The smallest absolute Gasteiger partial charge is 0.248 e. The molecule has 2 aromatic rings. The number of primary amides is 1. The first-order chi connectivity index (χ1) is 11.1. The van der Waals surface area contributed by atoms with E-state index in [9.17, 15) is 9.18 Å². The molecule has 0 heterocycles. The minimum atomic E-state index is -0.421. The highest BCUT2D eigenvalue weighted by Gasteiger charge is 2.27. The number of carbonyl (C=O) groups is 1. The molecule has 0 bridgehead atoms. The molecule has 4 heteroatoms. The standard InChI is InChI=1S/C19H21FN2O/c1-12-5-10-15-16(3-2-4-17(15)20)18(12)22-11-13-6-8-14(9-7-13)19(21)23/h2-4,6-9,12,18,22H,5,10-11H2,1H3,(H2,21,23)/t12-,18+/m0/s1. The minimum absolute atomic E-state index is 0.105. The zero-order valence-electron chi connectivity index (χ0n) is 13.2. The van der Waals surface area contributed by atoms with E-state index in [-0.39, 0.29) is 11.9 Å². The number of halogens is 1. The predicted octanol–water partition coefficient (Wildman–Crippen LogP) is 3.34. The highest BCUT2D eigenvalue weighted by atomic mass is 19.1. The van der Waals surface area contributed by atoms with Gasteiger partial charge in [0.2, 0.25) is 5.91 Å². The van der Waals surface area contributed by atoms with Gasteiger partial charge in [-0.05, 0) is 53.6 Å². The molecule has 0 aliphatic heterocycles. The van der Waals surface area contributed by atoms with Gasteiger partial charge < -0.3 is 11.1 Å². The molecule has 1 aliphatic carbocycles. The van der Waals surface area contributed by atoms with Crippen molar-refractivity contribution in [1.82, 2.24) is 5.32 Å². The molecular formula is C19H21FN2O. The lowest BCUT2D eigenvalue weighted by Crippen LogP contribution is -2.31. The molecule has 23 heavy (non-hydrogen) atoms. The van der Waals surface area contributed by atoms with Crippen LogP contribution in [-0.4, -0.2) is 5.91 Å². The van der Waals surface area contributed by atoms with Crippen LogP contribution in [0, 0.1) is 11.7 Å². The zero-order valence-corrected chi connectivity index (χ0v) is 13.2. The minimum Gasteiger partial charge on any atom is -0.366 e. The molecule has 0 unspecified atom stereocenters. The lowest BCUT2D eigenvalue weighted by atomic mass is 9.80. The number of nitrogens with one attached hydrogen (secondary N) is 1. The fourth-order valence-electron chi connectivity index (χ4n) is 3.30. The third kappa shape index (κ3) is 3.27. The van der Waals surface area contributed by atoms with E-state index >= 15 is 0 Å². The number of benzene rings is 2. The Morgan fingerprint density at radius 3 is 2.70 bits per heavy atom. The van der Waals surface area contributed by atoms with Crippen LogP contribution in [0.4, 0.5) is 4.39 Å². The van der Waals surface area contributed by atoms with Crippen LogP contribution in [0.2, 0.25) is 0 Å². The topological polar surface area (TPSA) is 55.1 Å². The first-order valence-electron chi connectivity index (χ1n) is 7.95. The molecule has 120 valence electrons. The van der Waals surface area contributed by atoms with E-state index < -0.39 is 5.91 Å². The molecule has 0 saturated heterocycles. The molecule has 0 fully saturated rings. The van der Waals surface area contributed by atoms with E-state index in [0.717, 1.165) is 29.5 Å². The van der Waals surface area contributed by atoms with Crippen molar-refractivity contribution in [3.8, 4) is 0 Å². The summed E-state index contributed by atoms with van der Waals surface area (Å²) in [6, 6.07) is 12.7. The van der Waals surface area contributed by atoms with E-state index in [0.29, 0.717) is 18.0 Å². The highest BCUT2D eigenvalue weighted by Crippen LogP contribution is 2.35. The summed E-state index contributed by atoms with van der Waals surface area (Å²) in [6.45, 7) is 2.87. The third-order valence-electron chi connectivity index (χ3n) is 4.67. The second kappa shape index (κ2) is 6.50. The third-order valence-corrected chi connectivity index (χ3v) is 4.67. The van der Waals surface area contributed by atoms with Crippen molar-refractivity contribution in [1.29, 1.82) is 0 Å². The van der Waals surface area contributed by atoms with Crippen molar-refractivity contribution in [2.45, 2.75) is 32.4 Å². The van der Waals surface area contributed by atoms with Crippen LogP contribution in [0.1, 0.15) is 46.4 Å². The van der Waals surface area contributed by atoms with Crippen molar-refractivity contribution in [3.05, 3.63) is 70.5 Å². The number of hydrogen-bond acceptors (Lipinski definition) is 2. The Bertz CT molecular complexity index is 712. The molecule has 1 amide bonds. The fraction of sp³-hybridized carbons (Fsp3) is 0.316. The van der Waals surface area contributed by atoms with E-state index in [4.69, 9.17) is 5.73 Å². The Morgan fingerprint density at radius 2 is 2.00 bits per heavy atom. The number of carbonyl (C=O) groups excluding carboxylic acids is 1. The molecule has 2 aromatic carbocycles. The van der Waals surface area contributed by atoms with Crippen LogP contribution in [-0.2, 0) is 13.0 Å². The van der Waals surface area contributed by atoms with Gasteiger partial charge >= 0.3 is 0 Å². The Hall–Kier alpha value is -2.20. The van der Waals surface area contributed by atoms with Crippen molar-refractivity contribution in [3.63, 3.8) is 0 Å². The molecular weight excluding hydrogens is 291 g/mol. The Kier molecular flexibility index (Phi) is 4.44. The van der Waals surface area contributed by atoms with Gasteiger partial charge in [0.15, 0.2) is 0 Å². The Labute approximate surface area is 135 Å². The maximum Gasteiger partial charge on any atom is 0.248 e. The summed E-state index contributed by atoms with van der Waals surface area (Å²) < 4.78 is 14.0. The van der Waals surface area contributed by atoms with Crippen molar-refractivity contribution >= 4 is 5.91 Å². The maximum absolute atomic E-state index is 14.0. The zero-order chi connectivity index (χ0) is 16.4. The second-order valence-corrected chi connectivity index (χ2v) is 6.24. The first kappa shape index (κ1) is 15.7.